The smallest absolute Gasteiger partial charge is 0.119 e. The number of ether oxygens (including phenoxy) is 1. The number of hydrogen-bond acceptors (Lipinski definition) is 2. The number of nitrogens with zero attached hydrogens (tertiary/aromatic N) is 1. The third-order valence-electron chi connectivity index (χ3n) is 5.27. The van der Waals surface area contributed by atoms with E-state index in [9.17, 15) is 0 Å². The molecule has 1 fully saturated rings. The number of halogens is 2. The van der Waals surface area contributed by atoms with Crippen LogP contribution in [-0.2, 0) is 17.0 Å². The molecule has 2 unspecified atom stereocenters. The molecule has 1 aliphatic rings. The number of hydrogen-bond donors (Lipinski definition) is 1. The van der Waals surface area contributed by atoms with Crippen LogP contribution in [0, 0.1) is 0 Å². The fraction of sp³-hybridized carbons (Fsp3) is 0.333. The van der Waals surface area contributed by atoms with E-state index in [2.05, 4.69) is 35.0 Å². The van der Waals surface area contributed by atoms with Crippen LogP contribution in [0.15, 0.2) is 54.7 Å². The van der Waals surface area contributed by atoms with Gasteiger partial charge in [-0.1, -0.05) is 47.8 Å². The second-order valence-corrected chi connectivity index (χ2v) is 7.93. The first kappa shape index (κ1) is 17.9. The SMILES string of the molecule is NC1(n2ccc3ccccc32)CCCCC1OCc1cc(Cl)cc(Cl)c1. The van der Waals surface area contributed by atoms with Crippen molar-refractivity contribution in [2.75, 3.05) is 0 Å². The molecule has 136 valence electrons. The zero-order valence-electron chi connectivity index (χ0n) is 14.5. The molecule has 1 heterocycles. The largest absolute Gasteiger partial charge is 0.370 e. The van der Waals surface area contributed by atoms with E-state index in [1.54, 1.807) is 6.07 Å². The molecule has 0 radical (unpaired) electrons. The monoisotopic (exact) mass is 388 g/mol. The van der Waals surface area contributed by atoms with Gasteiger partial charge in [-0.3, -0.25) is 0 Å². The minimum absolute atomic E-state index is 0.0650. The summed E-state index contributed by atoms with van der Waals surface area (Å²) < 4.78 is 8.50. The average molecular weight is 389 g/mol. The summed E-state index contributed by atoms with van der Waals surface area (Å²) in [5, 5.41) is 2.44. The molecule has 3 aromatic rings. The van der Waals surface area contributed by atoms with Crippen LogP contribution in [0.2, 0.25) is 10.0 Å². The summed E-state index contributed by atoms with van der Waals surface area (Å²) in [7, 11) is 0. The normalized spacial score (nSPS) is 23.4. The molecule has 0 spiro atoms. The van der Waals surface area contributed by atoms with E-state index in [1.165, 1.54) is 5.39 Å². The van der Waals surface area contributed by atoms with E-state index in [4.69, 9.17) is 33.7 Å². The number of rotatable bonds is 4. The summed E-state index contributed by atoms with van der Waals surface area (Å²) in [5.74, 6) is 0. The molecule has 2 aromatic carbocycles. The molecular weight excluding hydrogens is 367 g/mol. The van der Waals surface area contributed by atoms with E-state index in [1.807, 2.05) is 18.2 Å². The molecule has 0 bridgehead atoms. The molecule has 3 nitrogen and oxygen atoms in total. The molecule has 2 atom stereocenters. The molecule has 1 aromatic heterocycles. The second kappa shape index (κ2) is 7.24. The van der Waals surface area contributed by atoms with Crippen LogP contribution < -0.4 is 5.73 Å². The fourth-order valence-electron chi connectivity index (χ4n) is 3.99. The van der Waals surface area contributed by atoms with Crippen LogP contribution in [0.5, 0.6) is 0 Å². The van der Waals surface area contributed by atoms with Crippen molar-refractivity contribution in [2.45, 2.75) is 44.1 Å². The zero-order chi connectivity index (χ0) is 18.1. The summed E-state index contributed by atoms with van der Waals surface area (Å²) >= 11 is 12.2. The summed E-state index contributed by atoms with van der Waals surface area (Å²) in [4.78, 5) is 0. The van der Waals surface area contributed by atoms with Gasteiger partial charge in [0.25, 0.3) is 0 Å². The Morgan fingerprint density at radius 2 is 1.85 bits per heavy atom. The zero-order valence-corrected chi connectivity index (χ0v) is 16.0. The van der Waals surface area contributed by atoms with Gasteiger partial charge < -0.3 is 15.0 Å². The number of fused-ring (bicyclic) bond motifs is 1. The van der Waals surface area contributed by atoms with Gasteiger partial charge in [-0.2, -0.15) is 0 Å². The maximum atomic E-state index is 6.94. The molecule has 1 aliphatic carbocycles. The Kier molecular flexibility index (Phi) is 4.98. The molecule has 2 N–H and O–H groups in total. The minimum Gasteiger partial charge on any atom is -0.370 e. The van der Waals surface area contributed by atoms with Gasteiger partial charge in [0, 0.05) is 21.8 Å². The van der Waals surface area contributed by atoms with Crippen molar-refractivity contribution in [1.82, 2.24) is 4.57 Å². The van der Waals surface area contributed by atoms with Crippen LogP contribution in [0.25, 0.3) is 10.9 Å². The number of benzene rings is 2. The first-order valence-corrected chi connectivity index (χ1v) is 9.74. The lowest BCUT2D eigenvalue weighted by Gasteiger charge is -2.42. The van der Waals surface area contributed by atoms with Crippen LogP contribution in [0.4, 0.5) is 0 Å². The predicted octanol–water partition coefficient (Wildman–Crippen LogP) is 5.72. The van der Waals surface area contributed by atoms with Crippen LogP contribution in [-0.4, -0.2) is 10.7 Å². The predicted molar refractivity (Wildman–Crippen MR) is 108 cm³/mol. The fourth-order valence-corrected chi connectivity index (χ4v) is 4.56. The maximum Gasteiger partial charge on any atom is 0.119 e. The summed E-state index contributed by atoms with van der Waals surface area (Å²) in [6.07, 6.45) is 6.09. The first-order valence-electron chi connectivity index (χ1n) is 8.98. The standard InChI is InChI=1S/C21H22Cl2N2O/c22-17-11-15(12-18(23)13-17)14-26-20-7-3-4-9-21(20,24)25-10-8-16-5-1-2-6-19(16)25/h1-2,5-6,8,10-13,20H,3-4,7,9,14,24H2. The van der Waals surface area contributed by atoms with Gasteiger partial charge in [-0.25, -0.2) is 0 Å². The van der Waals surface area contributed by atoms with E-state index < -0.39 is 5.66 Å². The summed E-state index contributed by atoms with van der Waals surface area (Å²) in [6, 6.07) is 16.0. The van der Waals surface area contributed by atoms with Gasteiger partial charge >= 0.3 is 0 Å². The Morgan fingerprint density at radius 1 is 1.08 bits per heavy atom. The molecule has 1 saturated carbocycles. The third-order valence-corrected chi connectivity index (χ3v) is 5.71. The topological polar surface area (TPSA) is 40.2 Å². The van der Waals surface area contributed by atoms with Gasteiger partial charge in [-0.05, 0) is 60.5 Å². The lowest BCUT2D eigenvalue weighted by molar-refractivity contribution is -0.0642. The minimum atomic E-state index is -0.552. The van der Waals surface area contributed by atoms with Crippen molar-refractivity contribution < 1.29 is 4.74 Å². The highest BCUT2D eigenvalue weighted by Crippen LogP contribution is 2.36. The lowest BCUT2D eigenvalue weighted by Crippen LogP contribution is -2.55. The summed E-state index contributed by atoms with van der Waals surface area (Å²) in [6.45, 7) is 0.448. The van der Waals surface area contributed by atoms with Crippen LogP contribution in [0.3, 0.4) is 0 Å². The Balaban J connectivity index is 1.61. The molecule has 4 rings (SSSR count). The molecular formula is C21H22Cl2N2O. The second-order valence-electron chi connectivity index (χ2n) is 7.06. The molecule has 0 amide bonds. The average Bonchev–Trinajstić information content (AvgIpc) is 3.05. The highest BCUT2D eigenvalue weighted by molar-refractivity contribution is 6.34. The van der Waals surface area contributed by atoms with Crippen molar-refractivity contribution in [3.63, 3.8) is 0 Å². The quantitative estimate of drug-likeness (QED) is 0.620. The third kappa shape index (κ3) is 3.37. The number of aromatic nitrogens is 1. The molecule has 0 aliphatic heterocycles. The number of nitrogens with two attached hydrogens (primary N) is 1. The Hall–Kier alpha value is -1.52. The van der Waals surface area contributed by atoms with Gasteiger partial charge in [0.15, 0.2) is 0 Å². The van der Waals surface area contributed by atoms with Gasteiger partial charge in [0.05, 0.1) is 12.7 Å². The van der Waals surface area contributed by atoms with Gasteiger partial charge in [0.1, 0.15) is 5.66 Å². The van der Waals surface area contributed by atoms with Crippen molar-refractivity contribution in [1.29, 1.82) is 0 Å². The van der Waals surface area contributed by atoms with Gasteiger partial charge in [0.2, 0.25) is 0 Å². The molecule has 0 saturated heterocycles. The van der Waals surface area contributed by atoms with E-state index in [-0.39, 0.29) is 6.10 Å². The van der Waals surface area contributed by atoms with E-state index >= 15 is 0 Å². The highest BCUT2D eigenvalue weighted by atomic mass is 35.5. The highest BCUT2D eigenvalue weighted by Gasteiger charge is 2.40. The van der Waals surface area contributed by atoms with E-state index in [0.29, 0.717) is 16.7 Å². The Morgan fingerprint density at radius 3 is 2.65 bits per heavy atom. The number of para-hydroxylation sites is 1. The van der Waals surface area contributed by atoms with Crippen LogP contribution in [0.1, 0.15) is 31.2 Å². The Bertz CT molecular complexity index is 903. The molecule has 26 heavy (non-hydrogen) atoms. The van der Waals surface area contributed by atoms with Crippen molar-refractivity contribution in [2.24, 2.45) is 5.73 Å². The first-order chi connectivity index (χ1) is 12.6. The van der Waals surface area contributed by atoms with Crippen molar-refractivity contribution >= 4 is 34.1 Å². The van der Waals surface area contributed by atoms with Gasteiger partial charge in [-0.15, -0.1) is 0 Å². The van der Waals surface area contributed by atoms with Crippen molar-refractivity contribution in [3.8, 4) is 0 Å². The lowest BCUT2D eigenvalue weighted by atomic mass is 9.86. The Labute approximate surface area is 163 Å². The van der Waals surface area contributed by atoms with E-state index in [0.717, 1.165) is 36.8 Å². The maximum absolute atomic E-state index is 6.94. The molecule has 5 heteroatoms. The van der Waals surface area contributed by atoms with Crippen LogP contribution >= 0.6 is 23.2 Å². The summed E-state index contributed by atoms with van der Waals surface area (Å²) in [5.41, 5.74) is 8.51. The van der Waals surface area contributed by atoms with Crippen molar-refractivity contribution in [3.05, 3.63) is 70.3 Å².